The summed E-state index contributed by atoms with van der Waals surface area (Å²) >= 11 is 0. The van der Waals surface area contributed by atoms with Gasteiger partial charge in [-0.1, -0.05) is 12.1 Å². The molecule has 2 N–H and O–H groups in total. The summed E-state index contributed by atoms with van der Waals surface area (Å²) in [6.45, 7) is 0.635. The summed E-state index contributed by atoms with van der Waals surface area (Å²) in [6, 6.07) is 6.79. The summed E-state index contributed by atoms with van der Waals surface area (Å²) in [5.74, 6) is -1.01. The Kier molecular flexibility index (Phi) is 3.94. The number of amides is 1. The van der Waals surface area contributed by atoms with Gasteiger partial charge in [-0.3, -0.25) is 9.59 Å². The molecule has 1 saturated heterocycles. The van der Waals surface area contributed by atoms with Crippen molar-refractivity contribution in [3.8, 4) is 0 Å². The van der Waals surface area contributed by atoms with Crippen molar-refractivity contribution < 1.29 is 19.4 Å². The molecule has 0 radical (unpaired) electrons. The molecule has 1 fully saturated rings. The van der Waals surface area contributed by atoms with E-state index in [1.54, 1.807) is 24.3 Å². The summed E-state index contributed by atoms with van der Waals surface area (Å²) in [4.78, 5) is 22.3. The second kappa shape index (κ2) is 5.64. The van der Waals surface area contributed by atoms with Crippen molar-refractivity contribution in [2.24, 2.45) is 0 Å². The number of carboxylic acid groups (broad SMARTS) is 1. The molecule has 96 valence electrons. The van der Waals surface area contributed by atoms with Gasteiger partial charge in [-0.25, -0.2) is 0 Å². The standard InChI is InChI=1S/C13H15NO4/c15-12(16)8-9-3-5-10(6-4-9)14-13(17)11-2-1-7-18-11/h3-6,11H,1-2,7-8H2,(H,14,17)(H,15,16)/t11-/m1/s1. The van der Waals surface area contributed by atoms with E-state index < -0.39 is 5.97 Å². The zero-order chi connectivity index (χ0) is 13.0. The first kappa shape index (κ1) is 12.6. The molecule has 5 nitrogen and oxygen atoms in total. The van der Waals surface area contributed by atoms with E-state index in [9.17, 15) is 9.59 Å². The number of carbonyl (C=O) groups is 2. The number of rotatable bonds is 4. The third kappa shape index (κ3) is 3.30. The van der Waals surface area contributed by atoms with Gasteiger partial charge in [-0.2, -0.15) is 0 Å². The molecule has 1 aliphatic heterocycles. The van der Waals surface area contributed by atoms with Gasteiger partial charge >= 0.3 is 5.97 Å². The lowest BCUT2D eigenvalue weighted by molar-refractivity contribution is -0.136. The smallest absolute Gasteiger partial charge is 0.307 e. The molecule has 0 bridgehead atoms. The topological polar surface area (TPSA) is 75.6 Å². The number of hydrogen-bond acceptors (Lipinski definition) is 3. The first-order valence-electron chi connectivity index (χ1n) is 5.88. The molecule has 0 spiro atoms. The highest BCUT2D eigenvalue weighted by atomic mass is 16.5. The van der Waals surface area contributed by atoms with E-state index in [2.05, 4.69) is 5.32 Å². The van der Waals surface area contributed by atoms with Crippen LogP contribution in [0.2, 0.25) is 0 Å². The van der Waals surface area contributed by atoms with Gasteiger partial charge in [-0.15, -0.1) is 0 Å². The van der Waals surface area contributed by atoms with Gasteiger partial charge in [0.2, 0.25) is 0 Å². The van der Waals surface area contributed by atoms with Crippen molar-refractivity contribution in [3.05, 3.63) is 29.8 Å². The minimum Gasteiger partial charge on any atom is -0.481 e. The minimum atomic E-state index is -0.869. The highest BCUT2D eigenvalue weighted by molar-refractivity contribution is 5.94. The molecule has 1 aromatic carbocycles. The van der Waals surface area contributed by atoms with Crippen LogP contribution in [-0.2, 0) is 20.7 Å². The molecule has 1 aromatic rings. The lowest BCUT2D eigenvalue weighted by Gasteiger charge is -2.10. The van der Waals surface area contributed by atoms with Crippen molar-refractivity contribution in [1.82, 2.24) is 0 Å². The van der Waals surface area contributed by atoms with Crippen molar-refractivity contribution in [3.63, 3.8) is 0 Å². The Bertz CT molecular complexity index is 435. The summed E-state index contributed by atoms with van der Waals surface area (Å²) in [5, 5.41) is 11.4. The van der Waals surface area contributed by atoms with E-state index in [1.165, 1.54) is 0 Å². The average Bonchev–Trinajstić information content (AvgIpc) is 2.84. The number of carbonyl (C=O) groups excluding carboxylic acids is 1. The Morgan fingerprint density at radius 1 is 1.33 bits per heavy atom. The SMILES string of the molecule is O=C(O)Cc1ccc(NC(=O)[C@H]2CCCO2)cc1. The highest BCUT2D eigenvalue weighted by Gasteiger charge is 2.23. The number of aliphatic carboxylic acids is 1. The molecular formula is C13H15NO4. The second-order valence-electron chi connectivity index (χ2n) is 4.26. The molecule has 2 rings (SSSR count). The van der Waals surface area contributed by atoms with Gasteiger partial charge in [0.25, 0.3) is 5.91 Å². The molecule has 0 saturated carbocycles. The van der Waals surface area contributed by atoms with E-state index in [1.807, 2.05) is 0 Å². The maximum atomic E-state index is 11.7. The molecule has 18 heavy (non-hydrogen) atoms. The van der Waals surface area contributed by atoms with Crippen LogP contribution in [0.5, 0.6) is 0 Å². The number of hydrogen-bond donors (Lipinski definition) is 2. The van der Waals surface area contributed by atoms with Gasteiger partial charge < -0.3 is 15.2 Å². The number of anilines is 1. The monoisotopic (exact) mass is 249 g/mol. The van der Waals surface area contributed by atoms with Crippen molar-refractivity contribution >= 4 is 17.6 Å². The van der Waals surface area contributed by atoms with E-state index in [0.29, 0.717) is 17.9 Å². The lowest BCUT2D eigenvalue weighted by Crippen LogP contribution is -2.26. The number of ether oxygens (including phenoxy) is 1. The fourth-order valence-electron chi connectivity index (χ4n) is 1.89. The van der Waals surface area contributed by atoms with Crippen LogP contribution in [0.15, 0.2) is 24.3 Å². The number of benzene rings is 1. The lowest BCUT2D eigenvalue weighted by atomic mass is 10.1. The Morgan fingerprint density at radius 3 is 2.61 bits per heavy atom. The van der Waals surface area contributed by atoms with Crippen LogP contribution >= 0.6 is 0 Å². The highest BCUT2D eigenvalue weighted by Crippen LogP contribution is 2.15. The van der Waals surface area contributed by atoms with Crippen LogP contribution in [0.3, 0.4) is 0 Å². The molecule has 0 unspecified atom stereocenters. The fraction of sp³-hybridized carbons (Fsp3) is 0.385. The van der Waals surface area contributed by atoms with E-state index in [0.717, 1.165) is 12.8 Å². The third-order valence-corrected chi connectivity index (χ3v) is 2.80. The molecule has 1 atom stereocenters. The first-order valence-corrected chi connectivity index (χ1v) is 5.88. The Morgan fingerprint density at radius 2 is 2.06 bits per heavy atom. The Hall–Kier alpha value is -1.88. The van der Waals surface area contributed by atoms with E-state index in [-0.39, 0.29) is 18.4 Å². The first-order chi connectivity index (χ1) is 8.65. The van der Waals surface area contributed by atoms with Gasteiger partial charge in [-0.05, 0) is 30.5 Å². The fourth-order valence-corrected chi connectivity index (χ4v) is 1.89. The quantitative estimate of drug-likeness (QED) is 0.846. The Balaban J connectivity index is 1.93. The predicted octanol–water partition coefficient (Wildman–Crippen LogP) is 1.43. The second-order valence-corrected chi connectivity index (χ2v) is 4.26. The van der Waals surface area contributed by atoms with Crippen LogP contribution < -0.4 is 5.32 Å². The predicted molar refractivity (Wildman–Crippen MR) is 65.4 cm³/mol. The molecular weight excluding hydrogens is 234 g/mol. The summed E-state index contributed by atoms with van der Waals surface area (Å²) in [6.07, 6.45) is 1.29. The Labute approximate surface area is 105 Å². The van der Waals surface area contributed by atoms with Crippen molar-refractivity contribution in [2.45, 2.75) is 25.4 Å². The zero-order valence-corrected chi connectivity index (χ0v) is 9.89. The van der Waals surface area contributed by atoms with Gasteiger partial charge in [0.15, 0.2) is 0 Å². The summed E-state index contributed by atoms with van der Waals surface area (Å²) in [7, 11) is 0. The minimum absolute atomic E-state index is 0.0139. The van der Waals surface area contributed by atoms with Crippen molar-refractivity contribution in [2.75, 3.05) is 11.9 Å². The molecule has 0 aliphatic carbocycles. The normalized spacial score (nSPS) is 18.6. The molecule has 5 heteroatoms. The summed E-state index contributed by atoms with van der Waals surface area (Å²) < 4.78 is 5.27. The maximum Gasteiger partial charge on any atom is 0.307 e. The van der Waals surface area contributed by atoms with Gasteiger partial charge in [0.1, 0.15) is 6.10 Å². The maximum absolute atomic E-state index is 11.7. The molecule has 0 aromatic heterocycles. The van der Waals surface area contributed by atoms with Gasteiger partial charge in [0, 0.05) is 12.3 Å². The van der Waals surface area contributed by atoms with Crippen molar-refractivity contribution in [1.29, 1.82) is 0 Å². The molecule has 1 heterocycles. The zero-order valence-electron chi connectivity index (χ0n) is 9.89. The van der Waals surface area contributed by atoms with Gasteiger partial charge in [0.05, 0.1) is 6.42 Å². The average molecular weight is 249 g/mol. The van der Waals surface area contributed by atoms with Crippen LogP contribution in [0.1, 0.15) is 18.4 Å². The largest absolute Gasteiger partial charge is 0.481 e. The molecule has 1 amide bonds. The molecule has 1 aliphatic rings. The van der Waals surface area contributed by atoms with Crippen LogP contribution in [0, 0.1) is 0 Å². The van der Waals surface area contributed by atoms with E-state index >= 15 is 0 Å². The van der Waals surface area contributed by atoms with Crippen LogP contribution in [0.25, 0.3) is 0 Å². The summed E-state index contributed by atoms with van der Waals surface area (Å²) in [5.41, 5.74) is 1.36. The van der Waals surface area contributed by atoms with E-state index in [4.69, 9.17) is 9.84 Å². The number of nitrogens with one attached hydrogen (secondary N) is 1. The number of carboxylic acids is 1. The third-order valence-electron chi connectivity index (χ3n) is 2.80. The van der Waals surface area contributed by atoms with Crippen LogP contribution in [0.4, 0.5) is 5.69 Å². The van der Waals surface area contributed by atoms with Crippen LogP contribution in [-0.4, -0.2) is 29.7 Å².